The highest BCUT2D eigenvalue weighted by molar-refractivity contribution is 7.98. The van der Waals surface area contributed by atoms with Crippen molar-refractivity contribution in [3.8, 4) is 0 Å². The van der Waals surface area contributed by atoms with E-state index in [1.807, 2.05) is 19.9 Å². The SMILES string of the molecule is Cc1ccc(SOP(=O)(O)O)c(S)c1C. The van der Waals surface area contributed by atoms with Crippen LogP contribution in [-0.4, -0.2) is 9.79 Å². The number of thiol groups is 1. The van der Waals surface area contributed by atoms with Gasteiger partial charge in [-0.2, -0.15) is 0 Å². The lowest BCUT2D eigenvalue weighted by molar-refractivity contribution is 0.298. The molecule has 7 heteroatoms. The Labute approximate surface area is 97.9 Å². The first-order valence-corrected chi connectivity index (χ1v) is 6.74. The monoisotopic (exact) mass is 266 g/mol. The van der Waals surface area contributed by atoms with Crippen molar-refractivity contribution in [1.82, 2.24) is 0 Å². The van der Waals surface area contributed by atoms with Crippen LogP contribution in [0.3, 0.4) is 0 Å². The van der Waals surface area contributed by atoms with Crippen molar-refractivity contribution in [2.75, 3.05) is 0 Å². The van der Waals surface area contributed by atoms with E-state index in [1.165, 1.54) is 0 Å². The van der Waals surface area contributed by atoms with Gasteiger partial charge in [0.15, 0.2) is 0 Å². The van der Waals surface area contributed by atoms with Gasteiger partial charge in [-0.1, -0.05) is 6.07 Å². The van der Waals surface area contributed by atoms with Crippen LogP contribution in [-0.2, 0) is 8.54 Å². The van der Waals surface area contributed by atoms with Crippen LogP contribution in [0.15, 0.2) is 21.9 Å². The molecule has 0 unspecified atom stereocenters. The molecule has 0 aliphatic carbocycles. The van der Waals surface area contributed by atoms with Crippen LogP contribution in [0.25, 0.3) is 0 Å². The molecule has 0 atom stereocenters. The second-order valence-corrected chi connectivity index (χ2v) is 5.63. The van der Waals surface area contributed by atoms with Gasteiger partial charge in [0.1, 0.15) is 0 Å². The third kappa shape index (κ3) is 3.83. The van der Waals surface area contributed by atoms with E-state index in [2.05, 4.69) is 16.6 Å². The zero-order chi connectivity index (χ0) is 11.6. The quantitative estimate of drug-likeness (QED) is 0.446. The second kappa shape index (κ2) is 4.91. The van der Waals surface area contributed by atoms with E-state index in [9.17, 15) is 4.57 Å². The minimum atomic E-state index is -4.45. The Morgan fingerprint density at radius 3 is 2.53 bits per heavy atom. The number of hydrogen-bond donors (Lipinski definition) is 3. The lowest BCUT2D eigenvalue weighted by atomic mass is 10.1. The van der Waals surface area contributed by atoms with Crippen molar-refractivity contribution >= 4 is 32.5 Å². The summed E-state index contributed by atoms with van der Waals surface area (Å²) in [6.45, 7) is 3.83. The van der Waals surface area contributed by atoms with E-state index in [4.69, 9.17) is 9.79 Å². The van der Waals surface area contributed by atoms with E-state index in [0.29, 0.717) is 21.8 Å². The van der Waals surface area contributed by atoms with Gasteiger partial charge in [-0.15, -0.1) is 12.6 Å². The van der Waals surface area contributed by atoms with Crippen molar-refractivity contribution in [3.63, 3.8) is 0 Å². The summed E-state index contributed by atoms with van der Waals surface area (Å²) in [5.74, 6) is 0. The number of rotatable bonds is 3. The van der Waals surface area contributed by atoms with Crippen LogP contribution < -0.4 is 0 Å². The summed E-state index contributed by atoms with van der Waals surface area (Å²) in [5.41, 5.74) is 2.04. The molecule has 4 nitrogen and oxygen atoms in total. The highest BCUT2D eigenvalue weighted by Crippen LogP contribution is 2.45. The molecule has 0 saturated heterocycles. The zero-order valence-electron chi connectivity index (χ0n) is 8.17. The Hall–Kier alpha value is 0.0300. The maximum atomic E-state index is 10.5. The Morgan fingerprint density at radius 1 is 1.40 bits per heavy atom. The number of aryl methyl sites for hydroxylation is 1. The van der Waals surface area contributed by atoms with E-state index in [-0.39, 0.29) is 0 Å². The first-order chi connectivity index (χ1) is 6.81. The molecular formula is C8H11O4PS2. The summed E-state index contributed by atoms with van der Waals surface area (Å²) in [6, 6.07) is 3.56. The molecule has 1 aromatic carbocycles. The van der Waals surface area contributed by atoms with Gasteiger partial charge in [-0.3, -0.25) is 0 Å². The van der Waals surface area contributed by atoms with E-state index in [1.54, 1.807) is 6.07 Å². The van der Waals surface area contributed by atoms with Crippen LogP contribution in [0.5, 0.6) is 0 Å². The molecule has 0 amide bonds. The van der Waals surface area contributed by atoms with E-state index in [0.717, 1.165) is 11.1 Å². The summed E-state index contributed by atoms with van der Waals surface area (Å²) >= 11 is 4.89. The normalized spacial score (nSPS) is 11.8. The molecule has 0 heterocycles. The predicted molar refractivity (Wildman–Crippen MR) is 62.2 cm³/mol. The van der Waals surface area contributed by atoms with Crippen LogP contribution in [0.1, 0.15) is 11.1 Å². The van der Waals surface area contributed by atoms with Crippen LogP contribution in [0, 0.1) is 13.8 Å². The van der Waals surface area contributed by atoms with Gasteiger partial charge in [-0.25, -0.2) is 8.54 Å². The smallest absolute Gasteiger partial charge is 0.302 e. The van der Waals surface area contributed by atoms with E-state index >= 15 is 0 Å². The van der Waals surface area contributed by atoms with Crippen molar-refractivity contribution in [2.45, 2.75) is 23.6 Å². The molecule has 0 bridgehead atoms. The third-order valence-electron chi connectivity index (χ3n) is 1.89. The lowest BCUT2D eigenvalue weighted by Gasteiger charge is -2.09. The molecule has 84 valence electrons. The largest absolute Gasteiger partial charge is 0.481 e. The number of hydrogen-bond acceptors (Lipinski definition) is 4. The zero-order valence-corrected chi connectivity index (χ0v) is 10.8. The van der Waals surface area contributed by atoms with Crippen molar-refractivity contribution < 1.29 is 18.3 Å². The maximum absolute atomic E-state index is 10.5. The molecule has 0 aromatic heterocycles. The van der Waals surface area contributed by atoms with Gasteiger partial charge in [0, 0.05) is 21.8 Å². The molecule has 0 aliphatic rings. The van der Waals surface area contributed by atoms with Crippen LogP contribution >= 0.6 is 32.5 Å². The van der Waals surface area contributed by atoms with Crippen molar-refractivity contribution in [2.24, 2.45) is 0 Å². The fourth-order valence-corrected chi connectivity index (χ4v) is 2.36. The van der Waals surface area contributed by atoms with Gasteiger partial charge in [0.2, 0.25) is 0 Å². The van der Waals surface area contributed by atoms with Gasteiger partial charge in [-0.05, 0) is 31.0 Å². The van der Waals surface area contributed by atoms with Crippen molar-refractivity contribution in [3.05, 3.63) is 23.3 Å². The molecule has 0 aliphatic heterocycles. The lowest BCUT2D eigenvalue weighted by Crippen LogP contribution is -1.87. The van der Waals surface area contributed by atoms with Gasteiger partial charge in [0.05, 0.1) is 0 Å². The van der Waals surface area contributed by atoms with Gasteiger partial charge >= 0.3 is 7.82 Å². The molecule has 0 spiro atoms. The molecular weight excluding hydrogens is 255 g/mol. The molecule has 1 rings (SSSR count). The standard InChI is InChI=1S/C8H11O4PS2/c1-5-3-4-7(8(14)6(5)2)15-12-13(9,10)11/h3-4,14H,1-2H3,(H2,9,10,11). The summed E-state index contributed by atoms with van der Waals surface area (Å²) in [7, 11) is -4.45. The summed E-state index contributed by atoms with van der Waals surface area (Å²) < 4.78 is 14.8. The third-order valence-corrected chi connectivity index (χ3v) is 4.21. The Kier molecular flexibility index (Phi) is 4.29. The average Bonchev–Trinajstić information content (AvgIpc) is 2.12. The molecule has 2 N–H and O–H groups in total. The Morgan fingerprint density at radius 2 is 2.00 bits per heavy atom. The maximum Gasteiger partial charge on any atom is 0.481 e. The van der Waals surface area contributed by atoms with Gasteiger partial charge in [0.25, 0.3) is 0 Å². The highest BCUT2D eigenvalue weighted by atomic mass is 32.2. The number of benzene rings is 1. The Bertz CT molecular complexity index is 415. The first kappa shape index (κ1) is 13.1. The second-order valence-electron chi connectivity index (χ2n) is 3.00. The Balaban J connectivity index is 2.88. The minimum absolute atomic E-state index is 0.588. The highest BCUT2D eigenvalue weighted by Gasteiger charge is 2.16. The van der Waals surface area contributed by atoms with Crippen LogP contribution in [0.4, 0.5) is 0 Å². The molecule has 0 saturated carbocycles. The fraction of sp³-hybridized carbons (Fsp3) is 0.250. The number of phosphoric acid groups is 1. The fourth-order valence-electron chi connectivity index (χ4n) is 0.932. The summed E-state index contributed by atoms with van der Waals surface area (Å²) in [6.07, 6.45) is 0. The predicted octanol–water partition coefficient (Wildman–Crippen LogP) is 2.71. The topological polar surface area (TPSA) is 66.8 Å². The molecule has 15 heavy (non-hydrogen) atoms. The first-order valence-electron chi connectivity index (χ1n) is 4.02. The minimum Gasteiger partial charge on any atom is -0.302 e. The molecule has 0 radical (unpaired) electrons. The average molecular weight is 266 g/mol. The summed E-state index contributed by atoms with van der Waals surface area (Å²) in [4.78, 5) is 18.3. The molecule has 0 fully saturated rings. The summed E-state index contributed by atoms with van der Waals surface area (Å²) in [5, 5.41) is 0. The van der Waals surface area contributed by atoms with Crippen molar-refractivity contribution in [1.29, 1.82) is 0 Å². The van der Waals surface area contributed by atoms with Crippen LogP contribution in [0.2, 0.25) is 0 Å². The van der Waals surface area contributed by atoms with Gasteiger partial charge < -0.3 is 9.79 Å². The molecule has 1 aromatic rings. The van der Waals surface area contributed by atoms with E-state index < -0.39 is 7.82 Å².